The van der Waals surface area contributed by atoms with Gasteiger partial charge in [0.25, 0.3) is 0 Å². The zero-order chi connectivity index (χ0) is 16.0. The van der Waals surface area contributed by atoms with E-state index in [1.54, 1.807) is 27.8 Å². The summed E-state index contributed by atoms with van der Waals surface area (Å²) in [6.45, 7) is 5.36. The van der Waals surface area contributed by atoms with E-state index in [-0.39, 0.29) is 23.9 Å². The molecule has 6 heteroatoms. The van der Waals surface area contributed by atoms with Crippen molar-refractivity contribution in [2.45, 2.75) is 32.3 Å². The molecule has 0 N–H and O–H groups in total. The Morgan fingerprint density at radius 2 is 1.90 bits per heavy atom. The summed E-state index contributed by atoms with van der Waals surface area (Å²) in [5, 5.41) is 10.8. The highest BCUT2D eigenvalue weighted by Crippen LogP contribution is 2.18. The van der Waals surface area contributed by atoms with E-state index in [1.165, 1.54) is 4.90 Å². The van der Waals surface area contributed by atoms with Crippen molar-refractivity contribution >= 4 is 6.09 Å². The summed E-state index contributed by atoms with van der Waals surface area (Å²) in [6, 6.07) is 9.17. The molecule has 116 valence electrons. The molecule has 0 saturated heterocycles. The zero-order valence-corrected chi connectivity index (χ0v) is 12.9. The number of amides is 1. The van der Waals surface area contributed by atoms with Crippen LogP contribution in [0.15, 0.2) is 30.3 Å². The van der Waals surface area contributed by atoms with Gasteiger partial charge in [-0.15, -0.1) is 0 Å². The number of carbonyl (C=O) groups excluding carboxylic acids is 1. The summed E-state index contributed by atoms with van der Waals surface area (Å²) in [5.74, 6) is -0.362. The highest BCUT2D eigenvalue weighted by molar-refractivity contribution is 5.67. The van der Waals surface area contributed by atoms with Gasteiger partial charge in [0.15, 0.2) is 0 Å². The maximum atomic E-state index is 11.9. The van der Waals surface area contributed by atoms with Gasteiger partial charge in [-0.05, 0) is 26.3 Å². The molecule has 0 spiro atoms. The van der Waals surface area contributed by atoms with Crippen LogP contribution in [0, 0.1) is 10.1 Å². The SMILES string of the molecule is CN(CC(C[N+](=O)[O-])c1ccccc1)C(=O)OC(C)(C)C. The fourth-order valence-corrected chi connectivity index (χ4v) is 1.92. The third kappa shape index (κ3) is 6.25. The number of nitro groups is 1. The largest absolute Gasteiger partial charge is 0.444 e. The summed E-state index contributed by atoms with van der Waals surface area (Å²) < 4.78 is 5.26. The minimum atomic E-state index is -0.587. The molecule has 1 atom stereocenters. The first-order valence-electron chi connectivity index (χ1n) is 6.80. The van der Waals surface area contributed by atoms with Gasteiger partial charge in [0, 0.05) is 18.5 Å². The van der Waals surface area contributed by atoms with Gasteiger partial charge in [-0.1, -0.05) is 30.3 Å². The molecule has 0 aromatic heterocycles. The molecule has 1 rings (SSSR count). The Bertz CT molecular complexity index is 482. The van der Waals surface area contributed by atoms with E-state index in [0.717, 1.165) is 5.56 Å². The molecule has 1 unspecified atom stereocenters. The molecule has 1 aromatic carbocycles. The molecular weight excluding hydrogens is 272 g/mol. The van der Waals surface area contributed by atoms with Crippen LogP contribution >= 0.6 is 0 Å². The van der Waals surface area contributed by atoms with Crippen LogP contribution in [0.25, 0.3) is 0 Å². The van der Waals surface area contributed by atoms with E-state index in [0.29, 0.717) is 0 Å². The van der Waals surface area contributed by atoms with E-state index in [9.17, 15) is 14.9 Å². The monoisotopic (exact) mass is 294 g/mol. The lowest BCUT2D eigenvalue weighted by Crippen LogP contribution is -2.37. The third-order valence-electron chi connectivity index (χ3n) is 2.84. The fraction of sp³-hybridized carbons (Fsp3) is 0.533. The predicted molar refractivity (Wildman–Crippen MR) is 79.9 cm³/mol. The Morgan fingerprint density at radius 3 is 2.38 bits per heavy atom. The Morgan fingerprint density at radius 1 is 1.33 bits per heavy atom. The number of rotatable bonds is 5. The number of nitrogens with zero attached hydrogens (tertiary/aromatic N) is 2. The Kier molecular flexibility index (Phi) is 5.69. The summed E-state index contributed by atoms with van der Waals surface area (Å²) in [4.78, 5) is 23.8. The van der Waals surface area contributed by atoms with Crippen LogP contribution in [0.2, 0.25) is 0 Å². The predicted octanol–water partition coefficient (Wildman–Crippen LogP) is 2.91. The van der Waals surface area contributed by atoms with E-state index in [4.69, 9.17) is 4.74 Å². The molecule has 21 heavy (non-hydrogen) atoms. The smallest absolute Gasteiger partial charge is 0.410 e. The second-order valence-electron chi connectivity index (χ2n) is 5.98. The van der Waals surface area contributed by atoms with Crippen molar-refractivity contribution < 1.29 is 14.5 Å². The maximum Gasteiger partial charge on any atom is 0.410 e. The maximum absolute atomic E-state index is 11.9. The second-order valence-corrected chi connectivity index (χ2v) is 5.98. The summed E-state index contributed by atoms with van der Waals surface area (Å²) in [6.07, 6.45) is -0.480. The van der Waals surface area contributed by atoms with Gasteiger partial charge < -0.3 is 9.64 Å². The molecule has 0 aliphatic carbocycles. The molecule has 0 bridgehead atoms. The number of ether oxygens (including phenoxy) is 1. The van der Waals surface area contributed by atoms with E-state index < -0.39 is 11.7 Å². The highest BCUT2D eigenvalue weighted by atomic mass is 16.6. The number of hydrogen-bond donors (Lipinski definition) is 0. The normalized spacial score (nSPS) is 12.6. The Hall–Kier alpha value is -2.11. The van der Waals surface area contributed by atoms with Crippen LogP contribution in [0.4, 0.5) is 4.79 Å². The molecule has 0 fully saturated rings. The van der Waals surface area contributed by atoms with Gasteiger partial charge in [0.05, 0.1) is 5.92 Å². The van der Waals surface area contributed by atoms with Crippen molar-refractivity contribution in [3.8, 4) is 0 Å². The van der Waals surface area contributed by atoms with Crippen molar-refractivity contribution in [1.29, 1.82) is 0 Å². The van der Waals surface area contributed by atoms with Crippen molar-refractivity contribution in [2.24, 2.45) is 0 Å². The Labute approximate surface area is 124 Å². The van der Waals surface area contributed by atoms with Crippen LogP contribution < -0.4 is 0 Å². The molecule has 0 saturated carbocycles. The van der Waals surface area contributed by atoms with Crippen molar-refractivity contribution in [2.75, 3.05) is 20.1 Å². The number of hydrogen-bond acceptors (Lipinski definition) is 4. The van der Waals surface area contributed by atoms with Crippen LogP contribution in [-0.2, 0) is 4.74 Å². The summed E-state index contributed by atoms with van der Waals surface area (Å²) in [7, 11) is 1.59. The third-order valence-corrected chi connectivity index (χ3v) is 2.84. The first-order valence-corrected chi connectivity index (χ1v) is 6.80. The molecule has 6 nitrogen and oxygen atoms in total. The average molecular weight is 294 g/mol. The lowest BCUT2D eigenvalue weighted by atomic mass is 9.99. The van der Waals surface area contributed by atoms with E-state index >= 15 is 0 Å². The topological polar surface area (TPSA) is 72.7 Å². The van der Waals surface area contributed by atoms with Crippen LogP contribution in [0.1, 0.15) is 32.3 Å². The molecule has 0 heterocycles. The first-order chi connectivity index (χ1) is 9.69. The lowest BCUT2D eigenvalue weighted by Gasteiger charge is -2.26. The Balaban J connectivity index is 2.77. The number of carbonyl (C=O) groups is 1. The minimum absolute atomic E-state index is 0.225. The molecule has 0 radical (unpaired) electrons. The van der Waals surface area contributed by atoms with Crippen LogP contribution in [-0.4, -0.2) is 41.7 Å². The van der Waals surface area contributed by atoms with Gasteiger partial charge in [-0.25, -0.2) is 4.79 Å². The average Bonchev–Trinajstić information content (AvgIpc) is 2.36. The fourth-order valence-electron chi connectivity index (χ4n) is 1.92. The van der Waals surface area contributed by atoms with Crippen LogP contribution in [0.3, 0.4) is 0 Å². The van der Waals surface area contributed by atoms with Crippen molar-refractivity contribution in [3.05, 3.63) is 46.0 Å². The zero-order valence-electron chi connectivity index (χ0n) is 12.9. The minimum Gasteiger partial charge on any atom is -0.444 e. The van der Waals surface area contributed by atoms with E-state index in [2.05, 4.69) is 0 Å². The first kappa shape index (κ1) is 16.9. The van der Waals surface area contributed by atoms with Crippen molar-refractivity contribution in [1.82, 2.24) is 4.90 Å². The molecule has 0 aliphatic rings. The van der Waals surface area contributed by atoms with Gasteiger partial charge in [0.2, 0.25) is 6.54 Å². The lowest BCUT2D eigenvalue weighted by molar-refractivity contribution is -0.483. The highest BCUT2D eigenvalue weighted by Gasteiger charge is 2.25. The van der Waals surface area contributed by atoms with Gasteiger partial charge in [-0.3, -0.25) is 10.1 Å². The summed E-state index contributed by atoms with van der Waals surface area (Å²) in [5.41, 5.74) is 0.251. The molecule has 1 aromatic rings. The molecular formula is C15H22N2O4. The van der Waals surface area contributed by atoms with Crippen molar-refractivity contribution in [3.63, 3.8) is 0 Å². The second kappa shape index (κ2) is 7.06. The van der Waals surface area contributed by atoms with Gasteiger partial charge >= 0.3 is 6.09 Å². The molecule has 1 amide bonds. The standard InChI is InChI=1S/C15H22N2O4/c1-15(2,3)21-14(18)16(4)10-13(11-17(19)20)12-8-6-5-7-9-12/h5-9,13H,10-11H2,1-4H3. The number of likely N-dealkylation sites (N-methyl/N-ethyl adjacent to an activating group) is 1. The molecule has 0 aliphatic heterocycles. The van der Waals surface area contributed by atoms with Gasteiger partial charge in [-0.2, -0.15) is 0 Å². The summed E-state index contributed by atoms with van der Waals surface area (Å²) >= 11 is 0. The van der Waals surface area contributed by atoms with Gasteiger partial charge in [0.1, 0.15) is 5.60 Å². The van der Waals surface area contributed by atoms with E-state index in [1.807, 2.05) is 30.3 Å². The van der Waals surface area contributed by atoms with Crippen LogP contribution in [0.5, 0.6) is 0 Å². The number of benzene rings is 1. The quantitative estimate of drug-likeness (QED) is 0.618.